The minimum Gasteiger partial charge on any atom is -0.507 e. The molecule has 0 aliphatic carbocycles. The number of aromatic carboxylic acids is 1. The van der Waals surface area contributed by atoms with Crippen LogP contribution in [0.2, 0.25) is 0 Å². The van der Waals surface area contributed by atoms with Crippen LogP contribution in [0.4, 0.5) is 0 Å². The Labute approximate surface area is 198 Å². The fourth-order valence-corrected chi connectivity index (χ4v) is 4.23. The summed E-state index contributed by atoms with van der Waals surface area (Å²) in [6.07, 6.45) is -0.825. The average Bonchev–Trinajstić information content (AvgIpc) is 2.77. The number of carbonyl (C=O) groups is 5. The SMILES string of the molecule is NC(=O)CC(NS(=O)(=O)c1ccc(O)c(C(=O)O)c1)c1ccc(C(=O)N[C@H](C=O)CC(=O)O)cc1. The van der Waals surface area contributed by atoms with E-state index in [0.717, 1.165) is 18.2 Å². The predicted octanol–water partition coefficient (Wildman–Crippen LogP) is -0.243. The van der Waals surface area contributed by atoms with Crippen molar-refractivity contribution >= 4 is 40.1 Å². The highest BCUT2D eigenvalue weighted by atomic mass is 32.2. The number of phenols is 1. The van der Waals surface area contributed by atoms with Crippen molar-refractivity contribution in [2.24, 2.45) is 5.73 Å². The van der Waals surface area contributed by atoms with Crippen molar-refractivity contribution < 1.29 is 47.7 Å². The Morgan fingerprint density at radius 3 is 2.14 bits per heavy atom. The second kappa shape index (κ2) is 11.2. The van der Waals surface area contributed by atoms with Crippen molar-refractivity contribution in [1.29, 1.82) is 0 Å². The highest BCUT2D eigenvalue weighted by molar-refractivity contribution is 7.89. The maximum atomic E-state index is 12.8. The first-order valence-electron chi connectivity index (χ1n) is 9.79. The number of carboxylic acids is 2. The Hall–Kier alpha value is -4.30. The lowest BCUT2D eigenvalue weighted by molar-refractivity contribution is -0.138. The van der Waals surface area contributed by atoms with Crippen LogP contribution < -0.4 is 15.8 Å². The van der Waals surface area contributed by atoms with Crippen LogP contribution >= 0.6 is 0 Å². The maximum absolute atomic E-state index is 12.8. The third-order valence-electron chi connectivity index (χ3n) is 4.66. The van der Waals surface area contributed by atoms with Gasteiger partial charge in [-0.05, 0) is 35.9 Å². The van der Waals surface area contributed by atoms with E-state index >= 15 is 0 Å². The molecule has 2 aromatic rings. The van der Waals surface area contributed by atoms with Gasteiger partial charge in [-0.25, -0.2) is 17.9 Å². The molecule has 13 nitrogen and oxygen atoms in total. The zero-order valence-electron chi connectivity index (χ0n) is 17.9. The highest BCUT2D eigenvalue weighted by Gasteiger charge is 2.25. The normalized spacial score (nSPS) is 12.8. The van der Waals surface area contributed by atoms with Gasteiger partial charge in [-0.15, -0.1) is 0 Å². The fourth-order valence-electron chi connectivity index (χ4n) is 2.98. The van der Waals surface area contributed by atoms with Gasteiger partial charge in [0.2, 0.25) is 15.9 Å². The van der Waals surface area contributed by atoms with Gasteiger partial charge < -0.3 is 31.2 Å². The van der Waals surface area contributed by atoms with Crippen molar-refractivity contribution in [2.45, 2.75) is 29.8 Å². The van der Waals surface area contributed by atoms with Gasteiger partial charge in [0.1, 0.15) is 17.6 Å². The largest absolute Gasteiger partial charge is 0.507 e. The number of aldehydes is 1. The molecule has 0 bridgehead atoms. The lowest BCUT2D eigenvalue weighted by atomic mass is 10.0. The highest BCUT2D eigenvalue weighted by Crippen LogP contribution is 2.25. The van der Waals surface area contributed by atoms with Crippen LogP contribution in [0.15, 0.2) is 47.4 Å². The number of sulfonamides is 1. The van der Waals surface area contributed by atoms with Gasteiger partial charge >= 0.3 is 11.9 Å². The molecule has 0 radical (unpaired) electrons. The summed E-state index contributed by atoms with van der Waals surface area (Å²) in [5, 5.41) is 29.7. The lowest BCUT2D eigenvalue weighted by Crippen LogP contribution is -2.37. The van der Waals surface area contributed by atoms with E-state index in [2.05, 4.69) is 10.0 Å². The van der Waals surface area contributed by atoms with Gasteiger partial charge in [-0.2, -0.15) is 0 Å². The molecule has 0 saturated heterocycles. The molecule has 0 spiro atoms. The van der Waals surface area contributed by atoms with Crippen LogP contribution in [-0.2, 0) is 24.4 Å². The summed E-state index contributed by atoms with van der Waals surface area (Å²) in [4.78, 5) is 56.2. The van der Waals surface area contributed by atoms with Crippen molar-refractivity contribution in [2.75, 3.05) is 0 Å². The first-order valence-corrected chi connectivity index (χ1v) is 11.3. The van der Waals surface area contributed by atoms with Crippen LogP contribution in [0.25, 0.3) is 0 Å². The molecule has 2 amide bonds. The number of hydrogen-bond donors (Lipinski definition) is 6. The Bertz CT molecular complexity index is 1260. The summed E-state index contributed by atoms with van der Waals surface area (Å²) in [6, 6.07) is 5.31. The number of nitrogens with one attached hydrogen (secondary N) is 2. The number of carboxylic acid groups (broad SMARTS) is 2. The standard InChI is InChI=1S/C21H21N3O10S/c22-18(27)9-16(24-35(33,34)14-5-6-17(26)15(8-14)21(31)32)11-1-3-12(4-2-11)20(30)23-13(10-25)7-19(28)29/h1-6,8,10,13,16,24,26H,7,9H2,(H2,22,27)(H,23,30)(H,28,29)(H,31,32)/t13-,16?/m0/s1. The molecular weight excluding hydrogens is 486 g/mol. The van der Waals surface area contributed by atoms with Crippen LogP contribution in [0.3, 0.4) is 0 Å². The number of rotatable bonds is 12. The topological polar surface area (TPSA) is 230 Å². The van der Waals surface area contributed by atoms with E-state index in [9.17, 15) is 37.5 Å². The zero-order chi connectivity index (χ0) is 26.3. The molecule has 7 N–H and O–H groups in total. The molecule has 0 saturated carbocycles. The molecular formula is C21H21N3O10S. The van der Waals surface area contributed by atoms with Gasteiger partial charge in [0.05, 0.1) is 23.4 Å². The van der Waals surface area contributed by atoms with Crippen molar-refractivity contribution in [3.63, 3.8) is 0 Å². The van der Waals surface area contributed by atoms with E-state index in [1.165, 1.54) is 24.3 Å². The van der Waals surface area contributed by atoms with Crippen molar-refractivity contribution in [1.82, 2.24) is 10.0 Å². The Balaban J connectivity index is 2.29. The smallest absolute Gasteiger partial charge is 0.339 e. The molecule has 2 aromatic carbocycles. The third-order valence-corrected chi connectivity index (χ3v) is 6.13. The summed E-state index contributed by atoms with van der Waals surface area (Å²) in [7, 11) is -4.39. The first-order chi connectivity index (χ1) is 16.3. The summed E-state index contributed by atoms with van der Waals surface area (Å²) < 4.78 is 27.9. The predicted molar refractivity (Wildman–Crippen MR) is 118 cm³/mol. The Morgan fingerprint density at radius 2 is 1.63 bits per heavy atom. The summed E-state index contributed by atoms with van der Waals surface area (Å²) in [5.74, 6) is -5.10. The van der Waals surface area contributed by atoms with Crippen LogP contribution in [0, 0.1) is 0 Å². The number of aliphatic carboxylic acids is 1. The van der Waals surface area contributed by atoms with Crippen LogP contribution in [0.1, 0.15) is 45.2 Å². The third kappa shape index (κ3) is 7.35. The number of carbonyl (C=O) groups excluding carboxylic acids is 3. The summed E-state index contributed by atoms with van der Waals surface area (Å²) in [5.41, 5.74) is 4.83. The molecule has 0 aliphatic heterocycles. The number of hydrogen-bond acceptors (Lipinski definition) is 8. The molecule has 35 heavy (non-hydrogen) atoms. The molecule has 0 aromatic heterocycles. The second-order valence-electron chi connectivity index (χ2n) is 7.26. The van der Waals surface area contributed by atoms with Gasteiger partial charge in [0.25, 0.3) is 5.91 Å². The molecule has 0 aliphatic rings. The van der Waals surface area contributed by atoms with Crippen molar-refractivity contribution in [3.05, 3.63) is 59.2 Å². The lowest BCUT2D eigenvalue weighted by Gasteiger charge is -2.19. The van der Waals surface area contributed by atoms with Crippen molar-refractivity contribution in [3.8, 4) is 5.75 Å². The second-order valence-corrected chi connectivity index (χ2v) is 8.98. The monoisotopic (exact) mass is 507 g/mol. The summed E-state index contributed by atoms with van der Waals surface area (Å²) in [6.45, 7) is 0. The van der Waals surface area contributed by atoms with E-state index in [-0.39, 0.29) is 17.4 Å². The van der Waals surface area contributed by atoms with Gasteiger partial charge in [0.15, 0.2) is 0 Å². The number of aromatic hydroxyl groups is 1. The zero-order valence-corrected chi connectivity index (χ0v) is 18.7. The van der Waals surface area contributed by atoms with E-state index in [0.29, 0.717) is 0 Å². The van der Waals surface area contributed by atoms with E-state index < -0.39 is 74.9 Å². The molecule has 2 atom stereocenters. The Morgan fingerprint density at radius 1 is 1.00 bits per heavy atom. The molecule has 0 heterocycles. The minimum atomic E-state index is -4.39. The number of nitrogens with two attached hydrogens (primary N) is 1. The fraction of sp³-hybridized carbons (Fsp3) is 0.190. The summed E-state index contributed by atoms with van der Waals surface area (Å²) >= 11 is 0. The van der Waals surface area contributed by atoms with Crippen LogP contribution in [-0.4, -0.2) is 59.8 Å². The Kier molecular flexibility index (Phi) is 8.64. The molecule has 1 unspecified atom stereocenters. The molecule has 0 fully saturated rings. The van der Waals surface area contributed by atoms with Gasteiger partial charge in [-0.1, -0.05) is 12.1 Å². The molecule has 186 valence electrons. The number of amides is 2. The van der Waals surface area contributed by atoms with E-state index in [1.807, 2.05) is 0 Å². The number of benzene rings is 2. The quantitative estimate of drug-likeness (QED) is 0.206. The molecule has 14 heteroatoms. The minimum absolute atomic E-state index is 0.0244. The first kappa shape index (κ1) is 26.9. The van der Waals surface area contributed by atoms with E-state index in [1.54, 1.807) is 0 Å². The maximum Gasteiger partial charge on any atom is 0.339 e. The number of primary amides is 1. The van der Waals surface area contributed by atoms with Gasteiger partial charge in [0, 0.05) is 12.0 Å². The van der Waals surface area contributed by atoms with E-state index in [4.69, 9.17) is 15.9 Å². The molecule has 2 rings (SSSR count). The van der Waals surface area contributed by atoms with Gasteiger partial charge in [-0.3, -0.25) is 14.4 Å². The average molecular weight is 507 g/mol. The van der Waals surface area contributed by atoms with Crippen LogP contribution in [0.5, 0.6) is 5.75 Å².